The van der Waals surface area contributed by atoms with Crippen LogP contribution in [0.15, 0.2) is 36.8 Å². The zero-order valence-corrected chi connectivity index (χ0v) is 13.2. The Bertz CT molecular complexity index is 821. The molecule has 23 heavy (non-hydrogen) atoms. The molecule has 4 rings (SSSR count). The van der Waals surface area contributed by atoms with Crippen molar-refractivity contribution in [3.8, 4) is 5.75 Å². The Kier molecular flexibility index (Phi) is 3.75. The molecule has 6 nitrogen and oxygen atoms in total. The number of nitrogens with zero attached hydrogens (tertiary/aromatic N) is 4. The number of hydrogen-bond donors (Lipinski definition) is 1. The normalized spacial score (nSPS) is 17.8. The van der Waals surface area contributed by atoms with Gasteiger partial charge in [-0.1, -0.05) is 23.7 Å². The third-order valence-electron chi connectivity index (χ3n) is 4.14. The van der Waals surface area contributed by atoms with Crippen molar-refractivity contribution < 1.29 is 4.74 Å². The first-order valence-corrected chi connectivity index (χ1v) is 7.99. The lowest BCUT2D eigenvalue weighted by atomic mass is 10.2. The fraction of sp³-hybridized carbons (Fsp3) is 0.312. The Morgan fingerprint density at radius 3 is 3.13 bits per heavy atom. The first kappa shape index (κ1) is 14.3. The molecule has 1 aliphatic rings. The minimum absolute atomic E-state index is 0.263. The van der Waals surface area contributed by atoms with E-state index in [4.69, 9.17) is 16.3 Å². The lowest BCUT2D eigenvalue weighted by Gasteiger charge is -2.26. The lowest BCUT2D eigenvalue weighted by molar-refractivity contribution is 0.288. The molecule has 0 radical (unpaired) electrons. The number of fused-ring (bicyclic) bond motifs is 1. The predicted octanol–water partition coefficient (Wildman–Crippen LogP) is 3.05. The number of aromatic amines is 1. The molecule has 0 aliphatic carbocycles. The van der Waals surface area contributed by atoms with E-state index in [0.717, 1.165) is 42.0 Å². The van der Waals surface area contributed by atoms with Crippen molar-refractivity contribution >= 4 is 28.5 Å². The van der Waals surface area contributed by atoms with Crippen LogP contribution in [0, 0.1) is 0 Å². The molecule has 0 saturated carbocycles. The summed E-state index contributed by atoms with van der Waals surface area (Å²) in [6.07, 6.45) is 5.52. The highest BCUT2D eigenvalue weighted by Crippen LogP contribution is 2.30. The molecule has 1 atom stereocenters. The monoisotopic (exact) mass is 329 g/mol. The van der Waals surface area contributed by atoms with Crippen molar-refractivity contribution in [2.24, 2.45) is 0 Å². The number of rotatable bonds is 4. The van der Waals surface area contributed by atoms with Gasteiger partial charge in [0.1, 0.15) is 24.5 Å². The van der Waals surface area contributed by atoms with Gasteiger partial charge in [-0.25, -0.2) is 9.97 Å². The molecular weight excluding hydrogens is 314 g/mol. The van der Waals surface area contributed by atoms with E-state index in [2.05, 4.69) is 25.1 Å². The molecule has 1 saturated heterocycles. The van der Waals surface area contributed by atoms with E-state index in [9.17, 15) is 0 Å². The third kappa shape index (κ3) is 2.70. The molecule has 3 aromatic rings. The molecule has 3 heterocycles. The Labute approximate surface area is 138 Å². The van der Waals surface area contributed by atoms with Gasteiger partial charge in [0.25, 0.3) is 0 Å². The summed E-state index contributed by atoms with van der Waals surface area (Å²) >= 11 is 6.15. The van der Waals surface area contributed by atoms with Gasteiger partial charge in [-0.2, -0.15) is 5.10 Å². The third-order valence-corrected chi connectivity index (χ3v) is 4.46. The number of hydrogen-bond acceptors (Lipinski definition) is 5. The van der Waals surface area contributed by atoms with Gasteiger partial charge in [0, 0.05) is 6.54 Å². The fourth-order valence-electron chi connectivity index (χ4n) is 3.02. The molecule has 0 spiro atoms. The van der Waals surface area contributed by atoms with Crippen LogP contribution in [0.4, 0.5) is 5.82 Å². The molecule has 1 N–H and O–H groups in total. The molecular formula is C16H16ClN5O. The summed E-state index contributed by atoms with van der Waals surface area (Å²) < 4.78 is 5.93. The Hall–Kier alpha value is -2.34. The van der Waals surface area contributed by atoms with Crippen LogP contribution in [0.3, 0.4) is 0 Å². The maximum absolute atomic E-state index is 6.15. The van der Waals surface area contributed by atoms with Crippen LogP contribution in [0.25, 0.3) is 11.0 Å². The molecule has 0 bridgehead atoms. The second-order valence-corrected chi connectivity index (χ2v) is 5.97. The summed E-state index contributed by atoms with van der Waals surface area (Å²) in [5.74, 6) is 1.63. The number of nitrogens with one attached hydrogen (secondary N) is 1. The average Bonchev–Trinajstić information content (AvgIpc) is 3.22. The SMILES string of the molecule is Clc1ccccc1OC[C@H]1CCCN1c1ncnc2[nH]ncc12. The van der Waals surface area contributed by atoms with Crippen LogP contribution in [0.1, 0.15) is 12.8 Å². The molecule has 1 fully saturated rings. The lowest BCUT2D eigenvalue weighted by Crippen LogP contribution is -2.35. The molecule has 118 valence electrons. The van der Waals surface area contributed by atoms with Crippen LogP contribution in [0.5, 0.6) is 5.75 Å². The van der Waals surface area contributed by atoms with E-state index in [1.807, 2.05) is 24.3 Å². The second kappa shape index (κ2) is 6.04. The van der Waals surface area contributed by atoms with Gasteiger partial charge in [0.05, 0.1) is 22.6 Å². The molecule has 0 amide bonds. The van der Waals surface area contributed by atoms with Crippen LogP contribution in [0.2, 0.25) is 5.02 Å². The number of para-hydroxylation sites is 1. The van der Waals surface area contributed by atoms with Gasteiger partial charge in [-0.15, -0.1) is 0 Å². The number of halogens is 1. The number of anilines is 1. The van der Waals surface area contributed by atoms with Crippen molar-refractivity contribution in [1.82, 2.24) is 20.2 Å². The first-order chi connectivity index (χ1) is 11.3. The van der Waals surface area contributed by atoms with Crippen LogP contribution < -0.4 is 9.64 Å². The van der Waals surface area contributed by atoms with E-state index < -0.39 is 0 Å². The van der Waals surface area contributed by atoms with E-state index in [-0.39, 0.29) is 6.04 Å². The minimum atomic E-state index is 0.263. The number of H-pyrrole nitrogens is 1. The number of ether oxygens (including phenoxy) is 1. The standard InChI is InChI=1S/C16H16ClN5O/c17-13-5-1-2-6-14(13)23-9-11-4-3-7-22(11)16-12-8-20-21-15(12)18-10-19-16/h1-2,5-6,8,10-11H,3-4,7,9H2,(H,18,19,20,21)/t11-/m1/s1. The Morgan fingerprint density at radius 1 is 1.30 bits per heavy atom. The highest BCUT2D eigenvalue weighted by Gasteiger charge is 2.28. The van der Waals surface area contributed by atoms with E-state index >= 15 is 0 Å². The molecule has 0 unspecified atom stereocenters. The van der Waals surface area contributed by atoms with Crippen molar-refractivity contribution in [2.75, 3.05) is 18.1 Å². The van der Waals surface area contributed by atoms with Crippen LogP contribution in [-0.4, -0.2) is 39.4 Å². The van der Waals surface area contributed by atoms with E-state index in [1.165, 1.54) is 0 Å². The molecule has 1 aliphatic heterocycles. The summed E-state index contributed by atoms with van der Waals surface area (Å²) in [4.78, 5) is 10.9. The largest absolute Gasteiger partial charge is 0.490 e. The Morgan fingerprint density at radius 2 is 2.22 bits per heavy atom. The maximum Gasteiger partial charge on any atom is 0.160 e. The van der Waals surface area contributed by atoms with Gasteiger partial charge >= 0.3 is 0 Å². The summed E-state index contributed by atoms with van der Waals surface area (Å²) in [6.45, 7) is 1.53. The zero-order chi connectivity index (χ0) is 15.6. The molecule has 1 aromatic carbocycles. The Balaban J connectivity index is 1.55. The summed E-state index contributed by atoms with van der Waals surface area (Å²) in [5, 5.41) is 8.53. The smallest absolute Gasteiger partial charge is 0.160 e. The topological polar surface area (TPSA) is 66.9 Å². The molecule has 2 aromatic heterocycles. The second-order valence-electron chi connectivity index (χ2n) is 5.56. The van der Waals surface area contributed by atoms with E-state index in [1.54, 1.807) is 12.5 Å². The van der Waals surface area contributed by atoms with Gasteiger partial charge in [-0.05, 0) is 25.0 Å². The van der Waals surface area contributed by atoms with Crippen molar-refractivity contribution in [2.45, 2.75) is 18.9 Å². The zero-order valence-electron chi connectivity index (χ0n) is 12.4. The average molecular weight is 330 g/mol. The highest BCUT2D eigenvalue weighted by molar-refractivity contribution is 6.32. The number of aromatic nitrogens is 4. The highest BCUT2D eigenvalue weighted by atomic mass is 35.5. The van der Waals surface area contributed by atoms with Gasteiger partial charge in [-0.3, -0.25) is 5.10 Å². The fourth-order valence-corrected chi connectivity index (χ4v) is 3.21. The first-order valence-electron chi connectivity index (χ1n) is 7.61. The number of benzene rings is 1. The quantitative estimate of drug-likeness (QED) is 0.796. The van der Waals surface area contributed by atoms with Crippen LogP contribution in [-0.2, 0) is 0 Å². The summed E-state index contributed by atoms with van der Waals surface area (Å²) in [7, 11) is 0. The van der Waals surface area contributed by atoms with Crippen molar-refractivity contribution in [3.05, 3.63) is 41.8 Å². The summed E-state index contributed by atoms with van der Waals surface area (Å²) in [6, 6.07) is 7.81. The van der Waals surface area contributed by atoms with Gasteiger partial charge < -0.3 is 9.64 Å². The van der Waals surface area contributed by atoms with Crippen molar-refractivity contribution in [1.29, 1.82) is 0 Å². The van der Waals surface area contributed by atoms with Crippen LogP contribution >= 0.6 is 11.6 Å². The minimum Gasteiger partial charge on any atom is -0.490 e. The molecule has 7 heteroatoms. The van der Waals surface area contributed by atoms with Gasteiger partial charge in [0.15, 0.2) is 5.65 Å². The van der Waals surface area contributed by atoms with Crippen molar-refractivity contribution in [3.63, 3.8) is 0 Å². The maximum atomic E-state index is 6.15. The van der Waals surface area contributed by atoms with E-state index in [0.29, 0.717) is 11.6 Å². The summed E-state index contributed by atoms with van der Waals surface area (Å²) in [5.41, 5.74) is 0.757. The predicted molar refractivity (Wildman–Crippen MR) is 89.0 cm³/mol. The van der Waals surface area contributed by atoms with Gasteiger partial charge in [0.2, 0.25) is 0 Å².